The van der Waals surface area contributed by atoms with Crippen LogP contribution in [0.15, 0.2) is 24.3 Å². The molecule has 0 atom stereocenters. The summed E-state index contributed by atoms with van der Waals surface area (Å²) in [7, 11) is -3.03. The minimum absolute atomic E-state index is 0.196. The van der Waals surface area contributed by atoms with Gasteiger partial charge in [-0.05, 0) is 37.8 Å². The van der Waals surface area contributed by atoms with Crippen LogP contribution >= 0.6 is 0 Å². The van der Waals surface area contributed by atoms with E-state index in [4.69, 9.17) is 0 Å². The molecule has 1 aliphatic heterocycles. The Labute approximate surface area is 125 Å². The minimum Gasteiger partial charge on any atom is -0.342 e. The molecular formula is C15H21N3O2S. The first-order valence-electron chi connectivity index (χ1n) is 7.50. The van der Waals surface area contributed by atoms with E-state index in [9.17, 15) is 8.42 Å². The van der Waals surface area contributed by atoms with E-state index in [1.54, 1.807) is 11.2 Å². The predicted molar refractivity (Wildman–Crippen MR) is 83.6 cm³/mol. The molecule has 0 amide bonds. The molecule has 1 fully saturated rings. The summed E-state index contributed by atoms with van der Waals surface area (Å²) in [6, 6.07) is 8.02. The molecule has 6 heteroatoms. The monoisotopic (exact) mass is 307 g/mol. The lowest BCUT2D eigenvalue weighted by atomic mass is 9.94. The van der Waals surface area contributed by atoms with Crippen molar-refractivity contribution in [2.75, 3.05) is 18.8 Å². The molecule has 3 rings (SSSR count). The molecule has 2 heterocycles. The van der Waals surface area contributed by atoms with Crippen molar-refractivity contribution in [1.82, 2.24) is 14.3 Å². The zero-order chi connectivity index (χ0) is 14.9. The van der Waals surface area contributed by atoms with Crippen LogP contribution in [0.25, 0.3) is 11.0 Å². The number of rotatable bonds is 4. The van der Waals surface area contributed by atoms with E-state index >= 15 is 0 Å². The molecule has 1 aliphatic rings. The number of para-hydroxylation sites is 2. The van der Waals surface area contributed by atoms with Crippen LogP contribution in [0.2, 0.25) is 0 Å². The maximum Gasteiger partial charge on any atom is 0.213 e. The van der Waals surface area contributed by atoms with E-state index < -0.39 is 10.0 Å². The minimum atomic E-state index is -3.03. The summed E-state index contributed by atoms with van der Waals surface area (Å²) < 4.78 is 25.3. The first-order valence-corrected chi connectivity index (χ1v) is 9.11. The van der Waals surface area contributed by atoms with Crippen LogP contribution in [0.5, 0.6) is 0 Å². The van der Waals surface area contributed by atoms with Crippen LogP contribution in [0.1, 0.15) is 25.6 Å². The summed E-state index contributed by atoms with van der Waals surface area (Å²) in [6.45, 7) is 2.98. The third-order valence-electron chi connectivity index (χ3n) is 4.25. The van der Waals surface area contributed by atoms with Gasteiger partial charge >= 0.3 is 0 Å². The average Bonchev–Trinajstić information content (AvgIpc) is 2.90. The molecule has 0 aliphatic carbocycles. The summed E-state index contributed by atoms with van der Waals surface area (Å²) in [5.41, 5.74) is 2.07. The van der Waals surface area contributed by atoms with Crippen molar-refractivity contribution in [1.29, 1.82) is 0 Å². The van der Waals surface area contributed by atoms with Crippen molar-refractivity contribution >= 4 is 21.1 Å². The van der Waals surface area contributed by atoms with E-state index in [0.717, 1.165) is 36.1 Å². The Bertz CT molecular complexity index is 682. The number of hydrogen-bond donors (Lipinski definition) is 1. The van der Waals surface area contributed by atoms with Crippen molar-refractivity contribution < 1.29 is 8.42 Å². The number of H-pyrrole nitrogens is 1. The first kappa shape index (κ1) is 14.5. The van der Waals surface area contributed by atoms with Gasteiger partial charge in [-0.1, -0.05) is 12.1 Å². The van der Waals surface area contributed by atoms with Gasteiger partial charge < -0.3 is 4.98 Å². The number of imidazole rings is 1. The Balaban J connectivity index is 1.63. The Hall–Kier alpha value is -1.40. The van der Waals surface area contributed by atoms with E-state index in [-0.39, 0.29) is 5.75 Å². The Morgan fingerprint density at radius 2 is 2.00 bits per heavy atom. The second-order valence-corrected chi connectivity index (χ2v) is 7.91. The van der Waals surface area contributed by atoms with Crippen LogP contribution in [0, 0.1) is 5.92 Å². The molecule has 21 heavy (non-hydrogen) atoms. The third-order valence-corrected chi connectivity index (χ3v) is 6.13. The van der Waals surface area contributed by atoms with Crippen molar-refractivity contribution in [2.45, 2.75) is 26.2 Å². The molecule has 5 nitrogen and oxygen atoms in total. The van der Waals surface area contributed by atoms with Crippen LogP contribution in [0.3, 0.4) is 0 Å². The second-order valence-electron chi connectivity index (χ2n) is 5.65. The Morgan fingerprint density at radius 1 is 1.29 bits per heavy atom. The largest absolute Gasteiger partial charge is 0.342 e. The quantitative estimate of drug-likeness (QED) is 0.941. The molecule has 1 saturated heterocycles. The summed E-state index contributed by atoms with van der Waals surface area (Å²) in [6.07, 6.45) is 2.72. The zero-order valence-electron chi connectivity index (χ0n) is 12.2. The lowest BCUT2D eigenvalue weighted by Crippen LogP contribution is -2.39. The van der Waals surface area contributed by atoms with E-state index in [1.807, 2.05) is 24.3 Å². The zero-order valence-corrected chi connectivity index (χ0v) is 13.1. The van der Waals surface area contributed by atoms with Gasteiger partial charge in [0.1, 0.15) is 5.82 Å². The van der Waals surface area contributed by atoms with Crippen LogP contribution < -0.4 is 0 Å². The highest BCUT2D eigenvalue weighted by atomic mass is 32.2. The lowest BCUT2D eigenvalue weighted by molar-refractivity contribution is 0.271. The van der Waals surface area contributed by atoms with Crippen LogP contribution in [0.4, 0.5) is 0 Å². The normalized spacial score (nSPS) is 18.3. The molecule has 0 saturated carbocycles. The highest BCUT2D eigenvalue weighted by molar-refractivity contribution is 7.89. The molecule has 0 unspecified atom stereocenters. The number of benzene rings is 1. The molecule has 2 aromatic rings. The SMILES string of the molecule is CCS(=O)(=O)N1CCC(Cc2nc3ccccc3[nH]2)CC1. The number of hydrogen-bond acceptors (Lipinski definition) is 3. The fourth-order valence-corrected chi connectivity index (χ4v) is 4.08. The molecule has 1 aromatic heterocycles. The molecule has 1 N–H and O–H groups in total. The van der Waals surface area contributed by atoms with Gasteiger partial charge in [0.15, 0.2) is 0 Å². The summed E-state index contributed by atoms with van der Waals surface area (Å²) >= 11 is 0. The summed E-state index contributed by atoms with van der Waals surface area (Å²) in [4.78, 5) is 7.96. The Kier molecular flexibility index (Phi) is 3.99. The topological polar surface area (TPSA) is 66.1 Å². The average molecular weight is 307 g/mol. The predicted octanol–water partition coefficient (Wildman–Crippen LogP) is 2.17. The number of fused-ring (bicyclic) bond motifs is 1. The van der Waals surface area contributed by atoms with Crippen molar-refractivity contribution in [3.8, 4) is 0 Å². The lowest BCUT2D eigenvalue weighted by Gasteiger charge is -2.30. The number of piperidine rings is 1. The van der Waals surface area contributed by atoms with Gasteiger partial charge in [-0.2, -0.15) is 0 Å². The summed E-state index contributed by atoms with van der Waals surface area (Å²) in [5.74, 6) is 1.71. The maximum atomic E-state index is 11.8. The van der Waals surface area contributed by atoms with Crippen LogP contribution in [-0.4, -0.2) is 41.5 Å². The van der Waals surface area contributed by atoms with E-state index in [0.29, 0.717) is 19.0 Å². The standard InChI is InChI=1S/C15H21N3O2S/c1-2-21(19,20)18-9-7-12(8-10-18)11-15-16-13-5-3-4-6-14(13)17-15/h3-6,12H,2,7-11H2,1H3,(H,16,17). The van der Waals surface area contributed by atoms with Crippen LogP contribution in [-0.2, 0) is 16.4 Å². The van der Waals surface area contributed by atoms with Crippen molar-refractivity contribution in [3.63, 3.8) is 0 Å². The maximum absolute atomic E-state index is 11.8. The van der Waals surface area contributed by atoms with Crippen molar-refractivity contribution in [3.05, 3.63) is 30.1 Å². The number of sulfonamides is 1. The highest BCUT2D eigenvalue weighted by Gasteiger charge is 2.27. The molecule has 0 radical (unpaired) electrons. The third kappa shape index (κ3) is 3.11. The smallest absolute Gasteiger partial charge is 0.213 e. The molecule has 1 aromatic carbocycles. The Morgan fingerprint density at radius 3 is 2.67 bits per heavy atom. The first-order chi connectivity index (χ1) is 10.1. The van der Waals surface area contributed by atoms with Gasteiger partial charge in [0.2, 0.25) is 10.0 Å². The fourth-order valence-electron chi connectivity index (χ4n) is 2.95. The van der Waals surface area contributed by atoms with Gasteiger partial charge in [-0.25, -0.2) is 17.7 Å². The van der Waals surface area contributed by atoms with Gasteiger partial charge in [0.25, 0.3) is 0 Å². The second kappa shape index (κ2) is 5.77. The van der Waals surface area contributed by atoms with Crippen molar-refractivity contribution in [2.24, 2.45) is 5.92 Å². The number of aromatic amines is 1. The molecule has 0 bridgehead atoms. The van der Waals surface area contributed by atoms with Gasteiger partial charge in [-0.15, -0.1) is 0 Å². The number of nitrogens with zero attached hydrogens (tertiary/aromatic N) is 2. The molecule has 114 valence electrons. The highest BCUT2D eigenvalue weighted by Crippen LogP contribution is 2.23. The van der Waals surface area contributed by atoms with Gasteiger partial charge in [-0.3, -0.25) is 0 Å². The number of aromatic nitrogens is 2. The number of nitrogens with one attached hydrogen (secondary N) is 1. The van der Waals surface area contributed by atoms with Gasteiger partial charge in [0, 0.05) is 19.5 Å². The fraction of sp³-hybridized carbons (Fsp3) is 0.533. The molecular weight excluding hydrogens is 286 g/mol. The summed E-state index contributed by atoms with van der Waals surface area (Å²) in [5, 5.41) is 0. The van der Waals surface area contributed by atoms with E-state index in [2.05, 4.69) is 9.97 Å². The molecule has 0 spiro atoms. The van der Waals surface area contributed by atoms with E-state index in [1.165, 1.54) is 0 Å². The van der Waals surface area contributed by atoms with Gasteiger partial charge in [0.05, 0.1) is 16.8 Å².